The summed E-state index contributed by atoms with van der Waals surface area (Å²) in [5.41, 5.74) is 2.72. The van der Waals surface area contributed by atoms with E-state index in [0.717, 1.165) is 12.0 Å². The van der Waals surface area contributed by atoms with Gasteiger partial charge in [0.05, 0.1) is 18.2 Å². The molecule has 1 aliphatic rings. The number of hydrogen-bond donors (Lipinski definition) is 1. The maximum absolute atomic E-state index is 13.0. The largest absolute Gasteiger partial charge is 0.497 e. The number of hydrogen-bond acceptors (Lipinski definition) is 6. The molecule has 1 aliphatic carbocycles. The standard InChI is InChI=1S/C21H19N3O3S/c1-3-11-28-21-23-19-18(20(26)24-21)16(12-7-9-13(27-2)10-8-12)17-14(22-19)5-4-6-15(17)25/h3,7-10H,1,4-6,11H2,2H3,(H,22,23,24,26). The quantitative estimate of drug-likeness (QED) is 0.403. The van der Waals surface area contributed by atoms with Crippen molar-refractivity contribution in [2.75, 3.05) is 12.9 Å². The highest BCUT2D eigenvalue weighted by Crippen LogP contribution is 2.35. The van der Waals surface area contributed by atoms with Crippen LogP contribution < -0.4 is 10.3 Å². The molecule has 0 atom stereocenters. The minimum atomic E-state index is -0.295. The molecule has 1 N–H and O–H groups in total. The molecule has 0 fully saturated rings. The Bertz CT molecular complexity index is 1140. The second kappa shape index (κ2) is 7.59. The number of pyridine rings is 1. The van der Waals surface area contributed by atoms with E-state index in [0.29, 0.717) is 57.4 Å². The van der Waals surface area contributed by atoms with Crippen molar-refractivity contribution in [3.05, 3.63) is 58.5 Å². The summed E-state index contributed by atoms with van der Waals surface area (Å²) in [4.78, 5) is 37.7. The number of ketones is 1. The first-order chi connectivity index (χ1) is 13.6. The fourth-order valence-electron chi connectivity index (χ4n) is 3.48. The van der Waals surface area contributed by atoms with Crippen molar-refractivity contribution in [3.63, 3.8) is 0 Å². The summed E-state index contributed by atoms with van der Waals surface area (Å²) in [6.07, 6.45) is 3.66. The second-order valence-corrected chi connectivity index (χ2v) is 7.49. The van der Waals surface area contributed by atoms with Gasteiger partial charge < -0.3 is 9.72 Å². The van der Waals surface area contributed by atoms with Gasteiger partial charge in [-0.25, -0.2) is 9.97 Å². The number of ether oxygens (including phenoxy) is 1. The number of methoxy groups -OCH3 is 1. The van der Waals surface area contributed by atoms with Crippen molar-refractivity contribution in [3.8, 4) is 16.9 Å². The predicted octanol–water partition coefficient (Wildman–Crippen LogP) is 3.79. The van der Waals surface area contributed by atoms with Gasteiger partial charge in [-0.3, -0.25) is 9.59 Å². The zero-order valence-electron chi connectivity index (χ0n) is 15.4. The monoisotopic (exact) mass is 393 g/mol. The molecule has 142 valence electrons. The van der Waals surface area contributed by atoms with Gasteiger partial charge in [0.1, 0.15) is 5.75 Å². The van der Waals surface area contributed by atoms with Crippen LogP contribution in [0.3, 0.4) is 0 Å². The van der Waals surface area contributed by atoms with Crippen LogP contribution in [0.1, 0.15) is 28.9 Å². The summed E-state index contributed by atoms with van der Waals surface area (Å²) < 4.78 is 5.23. The average Bonchev–Trinajstić information content (AvgIpc) is 2.71. The number of fused-ring (bicyclic) bond motifs is 2. The number of aromatic nitrogens is 3. The summed E-state index contributed by atoms with van der Waals surface area (Å²) in [6.45, 7) is 3.69. The number of Topliss-reactive ketones (excluding diaryl/α,β-unsaturated/α-hetero) is 1. The van der Waals surface area contributed by atoms with Crippen LogP contribution in [0.25, 0.3) is 22.2 Å². The van der Waals surface area contributed by atoms with Crippen molar-refractivity contribution in [2.45, 2.75) is 24.4 Å². The Morgan fingerprint density at radius 2 is 1.96 bits per heavy atom. The number of rotatable bonds is 5. The van der Waals surface area contributed by atoms with E-state index in [2.05, 4.69) is 21.5 Å². The van der Waals surface area contributed by atoms with Crippen molar-refractivity contribution >= 4 is 28.6 Å². The van der Waals surface area contributed by atoms with Gasteiger partial charge in [0.2, 0.25) is 0 Å². The number of nitrogens with zero attached hydrogens (tertiary/aromatic N) is 2. The van der Waals surface area contributed by atoms with Crippen molar-refractivity contribution in [1.29, 1.82) is 0 Å². The first-order valence-corrected chi connectivity index (χ1v) is 9.99. The summed E-state index contributed by atoms with van der Waals surface area (Å²) in [7, 11) is 1.60. The lowest BCUT2D eigenvalue weighted by atomic mass is 9.87. The van der Waals surface area contributed by atoms with Crippen LogP contribution in [0, 0.1) is 0 Å². The Morgan fingerprint density at radius 3 is 2.68 bits per heavy atom. The number of carbonyl (C=O) groups excluding carboxylic acids is 1. The lowest BCUT2D eigenvalue weighted by molar-refractivity contribution is 0.0972. The Kier molecular flexibility index (Phi) is 5.00. The second-order valence-electron chi connectivity index (χ2n) is 6.48. The highest BCUT2D eigenvalue weighted by molar-refractivity contribution is 7.99. The van der Waals surface area contributed by atoms with Crippen LogP contribution >= 0.6 is 11.8 Å². The Hall–Kier alpha value is -2.93. The maximum Gasteiger partial charge on any atom is 0.261 e. The summed E-state index contributed by atoms with van der Waals surface area (Å²) in [6, 6.07) is 7.35. The molecule has 28 heavy (non-hydrogen) atoms. The first-order valence-electron chi connectivity index (χ1n) is 9.00. The molecule has 4 rings (SSSR count). The van der Waals surface area contributed by atoms with Gasteiger partial charge in [-0.1, -0.05) is 30.0 Å². The molecular formula is C21H19N3O3S. The van der Waals surface area contributed by atoms with E-state index in [-0.39, 0.29) is 11.3 Å². The van der Waals surface area contributed by atoms with Crippen LogP contribution in [0.2, 0.25) is 0 Å². The van der Waals surface area contributed by atoms with E-state index in [1.807, 2.05) is 24.3 Å². The van der Waals surface area contributed by atoms with E-state index < -0.39 is 0 Å². The lowest BCUT2D eigenvalue weighted by Crippen LogP contribution is -2.19. The molecule has 0 aliphatic heterocycles. The van der Waals surface area contributed by atoms with Crippen molar-refractivity contribution in [1.82, 2.24) is 15.0 Å². The van der Waals surface area contributed by atoms with Gasteiger partial charge in [0, 0.05) is 23.3 Å². The third-order valence-electron chi connectivity index (χ3n) is 4.72. The first kappa shape index (κ1) is 18.4. The SMILES string of the molecule is C=CCSc1nc2nc3c(c(-c4ccc(OC)cc4)c2c(=O)[nH]1)C(=O)CCC3. The molecule has 0 spiro atoms. The van der Waals surface area contributed by atoms with E-state index >= 15 is 0 Å². The van der Waals surface area contributed by atoms with Crippen LogP contribution in [-0.2, 0) is 6.42 Å². The van der Waals surface area contributed by atoms with Crippen LogP contribution in [0.4, 0.5) is 0 Å². The lowest BCUT2D eigenvalue weighted by Gasteiger charge is -2.19. The molecule has 2 heterocycles. The van der Waals surface area contributed by atoms with Crippen LogP contribution in [0.15, 0.2) is 46.9 Å². The molecule has 0 saturated heterocycles. The predicted molar refractivity (Wildman–Crippen MR) is 110 cm³/mol. The highest BCUT2D eigenvalue weighted by Gasteiger charge is 2.27. The normalized spacial score (nSPS) is 13.4. The Morgan fingerprint density at radius 1 is 1.18 bits per heavy atom. The molecule has 1 aromatic carbocycles. The molecule has 7 heteroatoms. The van der Waals surface area contributed by atoms with Gasteiger partial charge in [0.25, 0.3) is 5.56 Å². The van der Waals surface area contributed by atoms with Gasteiger partial charge in [-0.05, 0) is 30.5 Å². The molecule has 2 aromatic heterocycles. The summed E-state index contributed by atoms with van der Waals surface area (Å²) in [5, 5.41) is 0.842. The van der Waals surface area contributed by atoms with Crippen LogP contribution in [0.5, 0.6) is 5.75 Å². The summed E-state index contributed by atoms with van der Waals surface area (Å²) in [5.74, 6) is 1.35. The van der Waals surface area contributed by atoms with E-state index in [9.17, 15) is 9.59 Å². The smallest absolute Gasteiger partial charge is 0.261 e. The van der Waals surface area contributed by atoms with Crippen LogP contribution in [-0.4, -0.2) is 33.6 Å². The van der Waals surface area contributed by atoms with Gasteiger partial charge in [-0.2, -0.15) is 0 Å². The third-order valence-corrected chi connectivity index (χ3v) is 5.59. The topological polar surface area (TPSA) is 84.9 Å². The third kappa shape index (κ3) is 3.22. The van der Waals surface area contributed by atoms with Gasteiger partial charge >= 0.3 is 0 Å². The highest BCUT2D eigenvalue weighted by atomic mass is 32.2. The average molecular weight is 393 g/mol. The van der Waals surface area contributed by atoms with E-state index in [4.69, 9.17) is 4.74 Å². The number of aryl methyl sites for hydroxylation is 1. The molecule has 6 nitrogen and oxygen atoms in total. The van der Waals surface area contributed by atoms with Gasteiger partial charge in [0.15, 0.2) is 16.6 Å². The van der Waals surface area contributed by atoms with E-state index in [1.165, 1.54) is 11.8 Å². The number of nitrogens with one attached hydrogen (secondary N) is 1. The van der Waals surface area contributed by atoms with E-state index in [1.54, 1.807) is 13.2 Å². The number of H-pyrrole nitrogens is 1. The molecule has 0 bridgehead atoms. The molecule has 0 radical (unpaired) electrons. The summed E-state index contributed by atoms with van der Waals surface area (Å²) >= 11 is 1.39. The maximum atomic E-state index is 13.0. The fraction of sp³-hybridized carbons (Fsp3) is 0.238. The van der Waals surface area contributed by atoms with Crippen molar-refractivity contribution < 1.29 is 9.53 Å². The van der Waals surface area contributed by atoms with Crippen molar-refractivity contribution in [2.24, 2.45) is 0 Å². The molecule has 0 saturated carbocycles. The Labute approximate surface area is 166 Å². The molecule has 0 unspecified atom stereocenters. The molecule has 3 aromatic rings. The number of carbonyl (C=O) groups is 1. The zero-order chi connectivity index (χ0) is 19.7. The minimum absolute atomic E-state index is 0.0194. The molecule has 0 amide bonds. The number of benzene rings is 1. The zero-order valence-corrected chi connectivity index (χ0v) is 16.3. The fourth-order valence-corrected chi connectivity index (χ4v) is 4.07. The van der Waals surface area contributed by atoms with Gasteiger partial charge in [-0.15, -0.1) is 6.58 Å². The number of thioether (sulfide) groups is 1. The Balaban J connectivity index is 2.03. The number of aromatic amines is 1. The molecular weight excluding hydrogens is 374 g/mol. The minimum Gasteiger partial charge on any atom is -0.497 e.